The number of anilines is 1. The van der Waals surface area contributed by atoms with Crippen molar-refractivity contribution in [3.05, 3.63) is 32.6 Å². The molecule has 7 heteroatoms. The van der Waals surface area contributed by atoms with Gasteiger partial charge in [0.2, 0.25) is 5.75 Å². The molecule has 0 radical (unpaired) electrons. The molecule has 124 valence electrons. The number of methoxy groups -OCH3 is 3. The van der Waals surface area contributed by atoms with Crippen LogP contribution in [0.25, 0.3) is 0 Å². The van der Waals surface area contributed by atoms with Crippen LogP contribution in [0.2, 0.25) is 0 Å². The van der Waals surface area contributed by atoms with E-state index in [2.05, 4.69) is 21.2 Å². The Balaban J connectivity index is 2.43. The van der Waals surface area contributed by atoms with E-state index in [1.165, 1.54) is 37.5 Å². The van der Waals surface area contributed by atoms with Gasteiger partial charge in [-0.2, -0.15) is 0 Å². The van der Waals surface area contributed by atoms with Crippen LogP contribution in [0.15, 0.2) is 16.6 Å². The van der Waals surface area contributed by atoms with Crippen LogP contribution < -0.4 is 19.5 Å². The maximum atomic E-state index is 12.6. The van der Waals surface area contributed by atoms with Gasteiger partial charge in [-0.05, 0) is 47.5 Å². The number of amides is 1. The molecule has 0 aliphatic heterocycles. The number of aryl methyl sites for hydroxylation is 2. The molecule has 0 aliphatic rings. The highest BCUT2D eigenvalue weighted by Crippen LogP contribution is 2.45. The zero-order valence-corrected chi connectivity index (χ0v) is 16.0. The zero-order chi connectivity index (χ0) is 17.1. The molecular weight excluding hydrogens is 382 g/mol. The third kappa shape index (κ3) is 3.45. The minimum absolute atomic E-state index is 0.252. The van der Waals surface area contributed by atoms with E-state index in [1.807, 2.05) is 19.9 Å². The van der Waals surface area contributed by atoms with Gasteiger partial charge in [-0.25, -0.2) is 0 Å². The molecule has 1 aromatic carbocycles. The minimum Gasteiger partial charge on any atom is -0.493 e. The summed E-state index contributed by atoms with van der Waals surface area (Å²) in [6.45, 7) is 4.03. The quantitative estimate of drug-likeness (QED) is 0.808. The standard InChI is InChI=1S/C16H18BrNO4S/c1-8-6-12(23-9(8)2)18-16(19)10-7-11(20-3)14(21-4)15(22-5)13(10)17/h6-7H,1-5H3,(H,18,19). The monoisotopic (exact) mass is 399 g/mol. The van der Waals surface area contributed by atoms with Gasteiger partial charge in [0.1, 0.15) is 0 Å². The van der Waals surface area contributed by atoms with Crippen molar-refractivity contribution in [3.8, 4) is 17.2 Å². The summed E-state index contributed by atoms with van der Waals surface area (Å²) in [5.41, 5.74) is 1.55. The molecular formula is C16H18BrNO4S. The molecule has 0 saturated carbocycles. The van der Waals surface area contributed by atoms with E-state index in [1.54, 1.807) is 6.07 Å². The predicted molar refractivity (Wildman–Crippen MR) is 95.5 cm³/mol. The van der Waals surface area contributed by atoms with E-state index in [0.29, 0.717) is 27.3 Å². The van der Waals surface area contributed by atoms with E-state index >= 15 is 0 Å². The number of hydrogen-bond acceptors (Lipinski definition) is 5. The SMILES string of the molecule is COc1cc(C(=O)Nc2cc(C)c(C)s2)c(Br)c(OC)c1OC. The fourth-order valence-corrected chi connectivity index (χ4v) is 3.67. The third-order valence-electron chi connectivity index (χ3n) is 3.42. The summed E-state index contributed by atoms with van der Waals surface area (Å²) in [4.78, 5) is 13.8. The van der Waals surface area contributed by atoms with Crippen LogP contribution in [0.1, 0.15) is 20.8 Å². The van der Waals surface area contributed by atoms with E-state index in [0.717, 1.165) is 10.6 Å². The van der Waals surface area contributed by atoms with Gasteiger partial charge >= 0.3 is 0 Å². The molecule has 1 N–H and O–H groups in total. The number of carbonyl (C=O) groups excluding carboxylic acids is 1. The minimum atomic E-state index is -0.252. The molecule has 23 heavy (non-hydrogen) atoms. The van der Waals surface area contributed by atoms with Gasteiger partial charge in [0.05, 0.1) is 36.4 Å². The third-order valence-corrected chi connectivity index (χ3v) is 5.27. The molecule has 5 nitrogen and oxygen atoms in total. The van der Waals surface area contributed by atoms with Crippen LogP contribution in [0, 0.1) is 13.8 Å². The second-order valence-electron chi connectivity index (χ2n) is 4.81. The van der Waals surface area contributed by atoms with E-state index in [4.69, 9.17) is 14.2 Å². The number of ether oxygens (including phenoxy) is 3. The summed E-state index contributed by atoms with van der Waals surface area (Å²) in [6, 6.07) is 3.57. The lowest BCUT2D eigenvalue weighted by molar-refractivity contribution is 0.102. The topological polar surface area (TPSA) is 56.8 Å². The number of benzene rings is 1. The Morgan fingerprint density at radius 1 is 1.09 bits per heavy atom. The van der Waals surface area contributed by atoms with Crippen molar-refractivity contribution >= 4 is 38.2 Å². The Morgan fingerprint density at radius 2 is 1.74 bits per heavy atom. The van der Waals surface area contributed by atoms with Crippen molar-refractivity contribution in [2.24, 2.45) is 0 Å². The summed E-state index contributed by atoms with van der Waals surface area (Å²) in [5.74, 6) is 1.02. The number of nitrogens with one attached hydrogen (secondary N) is 1. The van der Waals surface area contributed by atoms with Crippen molar-refractivity contribution in [2.45, 2.75) is 13.8 Å². The largest absolute Gasteiger partial charge is 0.493 e. The number of rotatable bonds is 5. The van der Waals surface area contributed by atoms with Gasteiger partial charge in [0.15, 0.2) is 11.5 Å². The lowest BCUT2D eigenvalue weighted by Gasteiger charge is -2.16. The predicted octanol–water partition coefficient (Wildman–Crippen LogP) is 4.41. The number of hydrogen-bond donors (Lipinski definition) is 1. The molecule has 0 aliphatic carbocycles. The molecule has 2 rings (SSSR count). The average Bonchev–Trinajstić information content (AvgIpc) is 2.84. The van der Waals surface area contributed by atoms with Gasteiger partial charge in [-0.15, -0.1) is 11.3 Å². The molecule has 1 heterocycles. The van der Waals surface area contributed by atoms with Crippen molar-refractivity contribution in [1.29, 1.82) is 0 Å². The van der Waals surface area contributed by atoms with Gasteiger partial charge in [0, 0.05) is 4.88 Å². The first-order valence-electron chi connectivity index (χ1n) is 6.79. The summed E-state index contributed by atoms with van der Waals surface area (Å²) in [7, 11) is 4.54. The van der Waals surface area contributed by atoms with Crippen LogP contribution in [-0.4, -0.2) is 27.2 Å². The zero-order valence-electron chi connectivity index (χ0n) is 13.6. The first-order chi connectivity index (χ1) is 10.9. The van der Waals surface area contributed by atoms with Crippen LogP contribution in [0.5, 0.6) is 17.2 Å². The van der Waals surface area contributed by atoms with Crippen molar-refractivity contribution < 1.29 is 19.0 Å². The number of halogens is 1. The summed E-state index contributed by atoms with van der Waals surface area (Å²) in [5, 5.41) is 3.70. The molecule has 0 saturated heterocycles. The summed E-state index contributed by atoms with van der Waals surface area (Å²) >= 11 is 4.95. The van der Waals surface area contributed by atoms with E-state index < -0.39 is 0 Å². The lowest BCUT2D eigenvalue weighted by Crippen LogP contribution is -2.13. The Bertz CT molecular complexity index is 723. The highest BCUT2D eigenvalue weighted by Gasteiger charge is 2.23. The van der Waals surface area contributed by atoms with Gasteiger partial charge in [-0.1, -0.05) is 0 Å². The van der Waals surface area contributed by atoms with Crippen molar-refractivity contribution in [3.63, 3.8) is 0 Å². The molecule has 1 aromatic heterocycles. The first-order valence-corrected chi connectivity index (χ1v) is 8.40. The Labute approximate surface area is 147 Å². The molecule has 0 spiro atoms. The second-order valence-corrected chi connectivity index (χ2v) is 6.86. The first kappa shape index (κ1) is 17.6. The molecule has 0 unspecified atom stereocenters. The second kappa shape index (κ2) is 7.23. The summed E-state index contributed by atoms with van der Waals surface area (Å²) < 4.78 is 16.5. The maximum Gasteiger partial charge on any atom is 0.257 e. The highest BCUT2D eigenvalue weighted by molar-refractivity contribution is 9.10. The maximum absolute atomic E-state index is 12.6. The van der Waals surface area contributed by atoms with Crippen LogP contribution in [-0.2, 0) is 0 Å². The normalized spacial score (nSPS) is 10.3. The van der Waals surface area contributed by atoms with Crippen LogP contribution in [0.3, 0.4) is 0 Å². The smallest absolute Gasteiger partial charge is 0.257 e. The molecule has 0 atom stereocenters. The van der Waals surface area contributed by atoms with Crippen molar-refractivity contribution in [2.75, 3.05) is 26.6 Å². The van der Waals surface area contributed by atoms with Gasteiger partial charge < -0.3 is 19.5 Å². The fraction of sp³-hybridized carbons (Fsp3) is 0.312. The summed E-state index contributed by atoms with van der Waals surface area (Å²) in [6.07, 6.45) is 0. The molecule has 1 amide bonds. The van der Waals surface area contributed by atoms with E-state index in [9.17, 15) is 4.79 Å². The Kier molecular flexibility index (Phi) is 5.54. The van der Waals surface area contributed by atoms with Gasteiger partial charge in [0.25, 0.3) is 5.91 Å². The molecule has 0 bridgehead atoms. The van der Waals surface area contributed by atoms with Gasteiger partial charge in [-0.3, -0.25) is 4.79 Å². The van der Waals surface area contributed by atoms with Crippen LogP contribution >= 0.6 is 27.3 Å². The van der Waals surface area contributed by atoms with Crippen LogP contribution in [0.4, 0.5) is 5.00 Å². The molecule has 0 fully saturated rings. The number of carbonyl (C=O) groups is 1. The Hall–Kier alpha value is -1.73. The molecule has 2 aromatic rings. The van der Waals surface area contributed by atoms with E-state index in [-0.39, 0.29) is 5.91 Å². The fourth-order valence-electron chi connectivity index (χ4n) is 2.10. The van der Waals surface area contributed by atoms with Crippen molar-refractivity contribution in [1.82, 2.24) is 0 Å². The lowest BCUT2D eigenvalue weighted by atomic mass is 10.1. The highest BCUT2D eigenvalue weighted by atomic mass is 79.9. The Morgan fingerprint density at radius 3 is 2.22 bits per heavy atom. The average molecular weight is 400 g/mol. The number of thiophene rings is 1.